The van der Waals surface area contributed by atoms with Crippen molar-refractivity contribution in [2.75, 3.05) is 21.0 Å². The van der Waals surface area contributed by atoms with Crippen molar-refractivity contribution < 1.29 is 19.1 Å². The number of methoxy groups -OCH3 is 2. The maximum atomic E-state index is 11.9. The van der Waals surface area contributed by atoms with E-state index >= 15 is 0 Å². The maximum absolute atomic E-state index is 11.9. The molecule has 0 unspecified atom stereocenters. The molecule has 0 aliphatic rings. The summed E-state index contributed by atoms with van der Waals surface area (Å²) in [5.74, 6) is -0.961. The van der Waals surface area contributed by atoms with E-state index in [1.54, 1.807) is 68.8 Å². The zero-order valence-corrected chi connectivity index (χ0v) is 14.0. The van der Waals surface area contributed by atoms with Gasteiger partial charge in [0.05, 0.1) is 0 Å². The number of ether oxygens (including phenoxy) is 2. The first-order chi connectivity index (χ1) is 10.6. The minimum absolute atomic E-state index is 0.389. The van der Waals surface area contributed by atoms with Gasteiger partial charge in [-0.2, -0.15) is 0 Å². The fourth-order valence-electron chi connectivity index (χ4n) is 1.57. The molecular formula is C17H17BrO4. The van der Waals surface area contributed by atoms with E-state index in [2.05, 4.69) is 25.4 Å². The van der Waals surface area contributed by atoms with Gasteiger partial charge in [0, 0.05) is 29.8 Å². The number of ketones is 2. The Bertz CT molecular complexity index is 592. The molecule has 2 aromatic carbocycles. The second-order valence-electron chi connectivity index (χ2n) is 4.23. The van der Waals surface area contributed by atoms with Crippen molar-refractivity contribution in [2.24, 2.45) is 0 Å². The van der Waals surface area contributed by atoms with Crippen LogP contribution in [-0.2, 0) is 9.47 Å². The number of Topliss-reactive ketones (excluding diaryl/α,β-unsaturated/α-hetero) is 2. The van der Waals surface area contributed by atoms with E-state index in [0.29, 0.717) is 17.9 Å². The normalized spacial score (nSPS) is 9.59. The average Bonchev–Trinajstić information content (AvgIpc) is 2.56. The van der Waals surface area contributed by atoms with Gasteiger partial charge in [-0.3, -0.25) is 9.59 Å². The Kier molecular flexibility index (Phi) is 8.28. The summed E-state index contributed by atoms with van der Waals surface area (Å²) in [5.41, 5.74) is 0.822. The van der Waals surface area contributed by atoms with E-state index in [1.165, 1.54) is 0 Å². The smallest absolute Gasteiger partial charge is 0.233 e. The van der Waals surface area contributed by atoms with Crippen LogP contribution in [0, 0.1) is 0 Å². The molecule has 0 N–H and O–H groups in total. The van der Waals surface area contributed by atoms with Crippen molar-refractivity contribution >= 4 is 27.5 Å². The van der Waals surface area contributed by atoms with Crippen molar-refractivity contribution in [3.8, 4) is 0 Å². The molecule has 0 atom stereocenters. The third-order valence-corrected chi connectivity index (χ3v) is 3.11. The molecule has 0 saturated heterocycles. The molecule has 0 aliphatic heterocycles. The van der Waals surface area contributed by atoms with Gasteiger partial charge in [0.25, 0.3) is 0 Å². The van der Waals surface area contributed by atoms with Crippen LogP contribution in [-0.4, -0.2) is 32.6 Å². The molecule has 0 fully saturated rings. The highest BCUT2D eigenvalue weighted by atomic mass is 79.9. The lowest BCUT2D eigenvalue weighted by atomic mass is 10.0. The zero-order valence-electron chi connectivity index (χ0n) is 12.4. The van der Waals surface area contributed by atoms with Gasteiger partial charge in [-0.1, -0.05) is 46.3 Å². The molecule has 0 spiro atoms. The quantitative estimate of drug-likeness (QED) is 0.460. The number of halogens is 1. The van der Waals surface area contributed by atoms with Crippen molar-refractivity contribution in [1.29, 1.82) is 0 Å². The van der Waals surface area contributed by atoms with E-state index in [4.69, 9.17) is 0 Å². The van der Waals surface area contributed by atoms with Crippen molar-refractivity contribution in [3.63, 3.8) is 0 Å². The summed E-state index contributed by atoms with van der Waals surface area (Å²) in [5, 5.41) is 0. The Hall–Kier alpha value is -1.82. The first-order valence-electron chi connectivity index (χ1n) is 6.47. The molecule has 5 heteroatoms. The lowest BCUT2D eigenvalue weighted by molar-refractivity contribution is -0.00272. The minimum atomic E-state index is -0.483. The summed E-state index contributed by atoms with van der Waals surface area (Å²) in [6.45, 7) is 0.389. The highest BCUT2D eigenvalue weighted by Gasteiger charge is 2.17. The van der Waals surface area contributed by atoms with Crippen LogP contribution in [0.4, 0.5) is 0 Å². The highest BCUT2D eigenvalue weighted by molar-refractivity contribution is 9.10. The van der Waals surface area contributed by atoms with Gasteiger partial charge in [-0.05, 0) is 24.3 Å². The number of hydrogen-bond acceptors (Lipinski definition) is 4. The van der Waals surface area contributed by atoms with E-state index in [9.17, 15) is 9.59 Å². The molecule has 0 aliphatic carbocycles. The van der Waals surface area contributed by atoms with Crippen LogP contribution in [0.3, 0.4) is 0 Å². The molecule has 0 saturated carbocycles. The Morgan fingerprint density at radius 2 is 1.27 bits per heavy atom. The molecule has 0 aromatic heterocycles. The number of hydrogen-bond donors (Lipinski definition) is 0. The van der Waals surface area contributed by atoms with Crippen LogP contribution in [0.5, 0.6) is 0 Å². The standard InChI is InChI=1S/C14H9BrO2.C3H8O2/c15-12-8-6-11(7-9-12)14(17)13(16)10-4-2-1-3-5-10;1-4-3-5-2/h1-9H;3H2,1-2H3. The van der Waals surface area contributed by atoms with Crippen molar-refractivity contribution in [3.05, 3.63) is 70.2 Å². The van der Waals surface area contributed by atoms with E-state index < -0.39 is 11.6 Å². The largest absolute Gasteiger partial charge is 0.359 e. The predicted octanol–water partition coefficient (Wildman–Crippen LogP) is 3.75. The maximum Gasteiger partial charge on any atom is 0.233 e. The molecule has 2 aromatic rings. The Morgan fingerprint density at radius 1 is 0.818 bits per heavy atom. The lowest BCUT2D eigenvalue weighted by Gasteiger charge is -2.00. The van der Waals surface area contributed by atoms with Gasteiger partial charge in [0.15, 0.2) is 0 Å². The molecule has 0 amide bonds. The molecular weight excluding hydrogens is 348 g/mol. The number of benzene rings is 2. The molecule has 0 heterocycles. The Balaban J connectivity index is 0.000000422. The van der Waals surface area contributed by atoms with Crippen LogP contribution in [0.25, 0.3) is 0 Å². The monoisotopic (exact) mass is 364 g/mol. The molecule has 4 nitrogen and oxygen atoms in total. The van der Waals surface area contributed by atoms with Crippen LogP contribution < -0.4 is 0 Å². The third-order valence-electron chi connectivity index (χ3n) is 2.58. The van der Waals surface area contributed by atoms with E-state index in [0.717, 1.165) is 4.47 Å². The zero-order chi connectivity index (χ0) is 16.4. The second kappa shape index (κ2) is 10.00. The fourth-order valence-corrected chi connectivity index (χ4v) is 1.84. The molecule has 116 valence electrons. The predicted molar refractivity (Wildman–Crippen MR) is 88.1 cm³/mol. The van der Waals surface area contributed by atoms with Gasteiger partial charge in [-0.25, -0.2) is 0 Å². The third kappa shape index (κ3) is 5.89. The first kappa shape index (κ1) is 18.2. The van der Waals surface area contributed by atoms with Gasteiger partial charge in [-0.15, -0.1) is 0 Å². The van der Waals surface area contributed by atoms with Gasteiger partial charge in [0.2, 0.25) is 11.6 Å². The first-order valence-corrected chi connectivity index (χ1v) is 7.27. The summed E-state index contributed by atoms with van der Waals surface area (Å²) >= 11 is 3.28. The summed E-state index contributed by atoms with van der Waals surface area (Å²) in [7, 11) is 3.17. The highest BCUT2D eigenvalue weighted by Crippen LogP contribution is 2.13. The van der Waals surface area contributed by atoms with Crippen LogP contribution in [0.15, 0.2) is 59.1 Å². The lowest BCUT2D eigenvalue weighted by Crippen LogP contribution is -2.14. The minimum Gasteiger partial charge on any atom is -0.359 e. The summed E-state index contributed by atoms with van der Waals surface area (Å²) < 4.78 is 9.81. The van der Waals surface area contributed by atoms with Crippen LogP contribution in [0.1, 0.15) is 20.7 Å². The fraction of sp³-hybridized carbons (Fsp3) is 0.176. The van der Waals surface area contributed by atoms with Crippen molar-refractivity contribution in [2.45, 2.75) is 0 Å². The number of rotatable bonds is 5. The number of carbonyl (C=O) groups excluding carboxylic acids is 2. The summed E-state index contributed by atoms with van der Waals surface area (Å²) in [4.78, 5) is 23.8. The molecule has 0 bridgehead atoms. The Morgan fingerprint density at radius 3 is 1.68 bits per heavy atom. The van der Waals surface area contributed by atoms with Gasteiger partial charge >= 0.3 is 0 Å². The molecule has 22 heavy (non-hydrogen) atoms. The van der Waals surface area contributed by atoms with Gasteiger partial charge in [0.1, 0.15) is 6.79 Å². The summed E-state index contributed by atoms with van der Waals surface area (Å²) in [6.07, 6.45) is 0. The van der Waals surface area contributed by atoms with Crippen molar-refractivity contribution in [1.82, 2.24) is 0 Å². The summed E-state index contributed by atoms with van der Waals surface area (Å²) in [6, 6.07) is 15.3. The number of carbonyl (C=O) groups is 2. The Labute approximate surface area is 138 Å². The SMILES string of the molecule is COCOC.O=C(C(=O)c1ccc(Br)cc1)c1ccccc1. The topological polar surface area (TPSA) is 52.6 Å². The second-order valence-corrected chi connectivity index (χ2v) is 5.14. The average molecular weight is 365 g/mol. The van der Waals surface area contributed by atoms with E-state index in [1.807, 2.05) is 0 Å². The molecule has 0 radical (unpaired) electrons. The van der Waals surface area contributed by atoms with Gasteiger partial charge < -0.3 is 9.47 Å². The van der Waals surface area contributed by atoms with Crippen LogP contribution >= 0.6 is 15.9 Å². The molecule has 2 rings (SSSR count). The van der Waals surface area contributed by atoms with Crippen LogP contribution in [0.2, 0.25) is 0 Å². The van der Waals surface area contributed by atoms with E-state index in [-0.39, 0.29) is 0 Å².